The van der Waals surface area contributed by atoms with E-state index in [4.69, 9.17) is 16.7 Å². The molecule has 0 bridgehead atoms. The van der Waals surface area contributed by atoms with Gasteiger partial charge in [-0.1, -0.05) is 54.1 Å². The number of halogens is 1. The molecular weight excluding hydrogens is 286 g/mol. The molecule has 4 heteroatoms. The number of carboxylic acids is 1. The van der Waals surface area contributed by atoms with Crippen LogP contribution < -0.4 is 5.32 Å². The smallest absolute Gasteiger partial charge is 0.307 e. The number of carbonyl (C=O) groups is 1. The maximum Gasteiger partial charge on any atom is 0.307 e. The van der Waals surface area contributed by atoms with Crippen molar-refractivity contribution in [2.45, 2.75) is 25.9 Å². The molecule has 110 valence electrons. The molecule has 0 radical (unpaired) electrons. The monoisotopic (exact) mass is 303 g/mol. The lowest BCUT2D eigenvalue weighted by Gasteiger charge is -2.15. The fourth-order valence-corrected chi connectivity index (χ4v) is 2.46. The number of benzene rings is 2. The van der Waals surface area contributed by atoms with E-state index in [0.29, 0.717) is 6.54 Å². The minimum absolute atomic E-state index is 0.0593. The van der Waals surface area contributed by atoms with Crippen LogP contribution in [0.25, 0.3) is 0 Å². The molecule has 2 aromatic rings. The Morgan fingerprint density at radius 3 is 2.38 bits per heavy atom. The molecule has 3 nitrogen and oxygen atoms in total. The Labute approximate surface area is 129 Å². The predicted octanol–water partition coefficient (Wildman–Crippen LogP) is 3.82. The second-order valence-electron chi connectivity index (χ2n) is 5.01. The van der Waals surface area contributed by atoms with Gasteiger partial charge in [-0.3, -0.25) is 4.79 Å². The number of carboxylic acid groups (broad SMARTS) is 1. The number of nitrogens with one attached hydrogen (secondary N) is 1. The van der Waals surface area contributed by atoms with Gasteiger partial charge < -0.3 is 10.4 Å². The summed E-state index contributed by atoms with van der Waals surface area (Å²) in [7, 11) is 0. The molecule has 0 saturated carbocycles. The van der Waals surface area contributed by atoms with Gasteiger partial charge in [-0.25, -0.2) is 0 Å². The maximum atomic E-state index is 10.6. The zero-order valence-corrected chi connectivity index (χ0v) is 12.6. The largest absolute Gasteiger partial charge is 0.481 e. The van der Waals surface area contributed by atoms with E-state index in [0.717, 1.165) is 21.7 Å². The van der Waals surface area contributed by atoms with E-state index in [-0.39, 0.29) is 12.5 Å². The molecule has 2 N–H and O–H groups in total. The van der Waals surface area contributed by atoms with Crippen LogP contribution in [0.2, 0.25) is 5.02 Å². The van der Waals surface area contributed by atoms with Crippen molar-refractivity contribution in [3.8, 4) is 0 Å². The van der Waals surface area contributed by atoms with E-state index in [1.165, 1.54) is 0 Å². The molecule has 2 aromatic carbocycles. The summed E-state index contributed by atoms with van der Waals surface area (Å²) >= 11 is 6.17. The Kier molecular flexibility index (Phi) is 5.37. The third kappa shape index (κ3) is 4.59. The lowest BCUT2D eigenvalue weighted by Crippen LogP contribution is -2.18. The summed E-state index contributed by atoms with van der Waals surface area (Å²) in [5.41, 5.74) is 3.00. The first-order chi connectivity index (χ1) is 10.1. The van der Waals surface area contributed by atoms with Crippen molar-refractivity contribution in [1.29, 1.82) is 0 Å². The standard InChI is InChI=1S/C17H18ClNO2/c1-12(15-4-2-3-5-16(15)18)19-11-14-8-6-13(7-9-14)10-17(20)21/h2-9,12,19H,10-11H2,1H3,(H,20,21)/t12-/m0/s1. The van der Waals surface area contributed by atoms with Crippen LogP contribution in [-0.2, 0) is 17.8 Å². The van der Waals surface area contributed by atoms with Crippen molar-refractivity contribution in [1.82, 2.24) is 5.32 Å². The molecule has 0 unspecified atom stereocenters. The summed E-state index contributed by atoms with van der Waals surface area (Å²) in [5, 5.41) is 12.9. The van der Waals surface area contributed by atoms with E-state index in [1.54, 1.807) is 0 Å². The zero-order valence-electron chi connectivity index (χ0n) is 11.8. The van der Waals surface area contributed by atoms with Gasteiger partial charge in [-0.2, -0.15) is 0 Å². The lowest BCUT2D eigenvalue weighted by molar-refractivity contribution is -0.136. The van der Waals surface area contributed by atoms with Gasteiger partial charge in [0.25, 0.3) is 0 Å². The van der Waals surface area contributed by atoms with Crippen LogP contribution in [0.1, 0.15) is 29.7 Å². The van der Waals surface area contributed by atoms with Gasteiger partial charge in [-0.15, -0.1) is 0 Å². The highest BCUT2D eigenvalue weighted by molar-refractivity contribution is 6.31. The van der Waals surface area contributed by atoms with Gasteiger partial charge in [0, 0.05) is 17.6 Å². The first kappa shape index (κ1) is 15.5. The molecule has 0 aliphatic carbocycles. The van der Waals surface area contributed by atoms with Crippen molar-refractivity contribution in [2.75, 3.05) is 0 Å². The molecule has 1 atom stereocenters. The highest BCUT2D eigenvalue weighted by atomic mass is 35.5. The summed E-state index contributed by atoms with van der Waals surface area (Å²) in [4.78, 5) is 10.6. The highest BCUT2D eigenvalue weighted by Crippen LogP contribution is 2.22. The Balaban J connectivity index is 1.94. The van der Waals surface area contributed by atoms with Gasteiger partial charge in [0.05, 0.1) is 6.42 Å². The van der Waals surface area contributed by atoms with E-state index >= 15 is 0 Å². The topological polar surface area (TPSA) is 49.3 Å². The van der Waals surface area contributed by atoms with Crippen LogP contribution in [0, 0.1) is 0 Å². The average Bonchev–Trinajstić information content (AvgIpc) is 2.46. The molecule has 0 heterocycles. The molecule has 0 aliphatic rings. The fraction of sp³-hybridized carbons (Fsp3) is 0.235. The van der Waals surface area contributed by atoms with Crippen LogP contribution in [-0.4, -0.2) is 11.1 Å². The minimum Gasteiger partial charge on any atom is -0.481 e. The van der Waals surface area contributed by atoms with Crippen molar-refractivity contribution < 1.29 is 9.90 Å². The maximum absolute atomic E-state index is 10.6. The average molecular weight is 304 g/mol. The van der Waals surface area contributed by atoms with E-state index in [2.05, 4.69) is 12.2 Å². The Bertz CT molecular complexity index is 610. The molecule has 0 saturated heterocycles. The van der Waals surface area contributed by atoms with Crippen LogP contribution in [0.5, 0.6) is 0 Å². The van der Waals surface area contributed by atoms with E-state index in [9.17, 15) is 4.79 Å². The number of rotatable bonds is 6. The lowest BCUT2D eigenvalue weighted by atomic mass is 10.1. The number of hydrogen-bond donors (Lipinski definition) is 2. The summed E-state index contributed by atoms with van der Waals surface area (Å²) in [6.07, 6.45) is 0.0593. The van der Waals surface area contributed by atoms with Gasteiger partial charge in [0.15, 0.2) is 0 Å². The first-order valence-corrected chi connectivity index (χ1v) is 7.21. The quantitative estimate of drug-likeness (QED) is 0.853. The minimum atomic E-state index is -0.812. The van der Waals surface area contributed by atoms with Crippen LogP contribution in [0.15, 0.2) is 48.5 Å². The molecule has 0 spiro atoms. The van der Waals surface area contributed by atoms with E-state index in [1.807, 2.05) is 48.5 Å². The number of aliphatic carboxylic acids is 1. The normalized spacial score (nSPS) is 12.1. The van der Waals surface area contributed by atoms with Crippen molar-refractivity contribution >= 4 is 17.6 Å². The molecule has 21 heavy (non-hydrogen) atoms. The van der Waals surface area contributed by atoms with Crippen molar-refractivity contribution in [3.63, 3.8) is 0 Å². The summed E-state index contributed by atoms with van der Waals surface area (Å²) < 4.78 is 0. The van der Waals surface area contributed by atoms with Crippen molar-refractivity contribution in [3.05, 3.63) is 70.2 Å². The Morgan fingerprint density at radius 1 is 1.14 bits per heavy atom. The zero-order chi connectivity index (χ0) is 15.2. The van der Waals surface area contributed by atoms with Gasteiger partial charge in [0.2, 0.25) is 0 Å². The first-order valence-electron chi connectivity index (χ1n) is 6.83. The van der Waals surface area contributed by atoms with E-state index < -0.39 is 5.97 Å². The molecule has 0 aromatic heterocycles. The van der Waals surface area contributed by atoms with Crippen LogP contribution in [0.3, 0.4) is 0 Å². The number of hydrogen-bond acceptors (Lipinski definition) is 2. The summed E-state index contributed by atoms with van der Waals surface area (Å²) in [6, 6.07) is 15.5. The highest BCUT2D eigenvalue weighted by Gasteiger charge is 2.08. The second kappa shape index (κ2) is 7.25. The second-order valence-corrected chi connectivity index (χ2v) is 5.42. The van der Waals surface area contributed by atoms with Gasteiger partial charge in [-0.05, 0) is 29.7 Å². The Morgan fingerprint density at radius 2 is 1.76 bits per heavy atom. The molecular formula is C17H18ClNO2. The molecule has 2 rings (SSSR count). The fourth-order valence-electron chi connectivity index (χ4n) is 2.16. The third-order valence-corrected chi connectivity index (χ3v) is 3.71. The predicted molar refractivity (Wildman–Crippen MR) is 84.5 cm³/mol. The third-order valence-electron chi connectivity index (χ3n) is 3.36. The van der Waals surface area contributed by atoms with Gasteiger partial charge in [0.1, 0.15) is 0 Å². The summed E-state index contributed by atoms with van der Waals surface area (Å²) in [5.74, 6) is -0.812. The molecule has 0 aliphatic heterocycles. The summed E-state index contributed by atoms with van der Waals surface area (Å²) in [6.45, 7) is 2.78. The Hall–Kier alpha value is -1.84. The molecule has 0 fully saturated rings. The van der Waals surface area contributed by atoms with Crippen LogP contribution in [0.4, 0.5) is 0 Å². The van der Waals surface area contributed by atoms with Crippen LogP contribution >= 0.6 is 11.6 Å². The van der Waals surface area contributed by atoms with Crippen molar-refractivity contribution in [2.24, 2.45) is 0 Å². The SMILES string of the molecule is C[C@H](NCc1ccc(CC(=O)O)cc1)c1ccccc1Cl. The van der Waals surface area contributed by atoms with Gasteiger partial charge >= 0.3 is 5.97 Å². The molecule has 0 amide bonds.